The van der Waals surface area contributed by atoms with E-state index in [-0.39, 0.29) is 0 Å². The smallest absolute Gasteiger partial charge is 0.180 e. The van der Waals surface area contributed by atoms with Crippen LogP contribution in [-0.2, 0) is 0 Å². The normalized spacial score (nSPS) is 15.5. The van der Waals surface area contributed by atoms with Gasteiger partial charge >= 0.3 is 0 Å². The minimum absolute atomic E-state index is 0.939. The van der Waals surface area contributed by atoms with Crippen LogP contribution in [0.15, 0.2) is 36.9 Å². The summed E-state index contributed by atoms with van der Waals surface area (Å²) in [6.07, 6.45) is 10.1. The maximum absolute atomic E-state index is 4.56. The van der Waals surface area contributed by atoms with Gasteiger partial charge in [-0.15, -0.1) is 0 Å². The van der Waals surface area contributed by atoms with Crippen LogP contribution in [0.5, 0.6) is 0 Å². The van der Waals surface area contributed by atoms with E-state index < -0.39 is 0 Å². The van der Waals surface area contributed by atoms with Crippen LogP contribution in [0.3, 0.4) is 0 Å². The first-order valence-electron chi connectivity index (χ1n) is 6.64. The number of hydrogen-bond donors (Lipinski definition) is 1. The Kier molecular flexibility index (Phi) is 2.30. The number of fused-ring (bicyclic) bond motifs is 1. The molecule has 4 rings (SSSR count). The van der Waals surface area contributed by atoms with Crippen molar-refractivity contribution in [1.29, 1.82) is 0 Å². The Morgan fingerprint density at radius 1 is 1.16 bits per heavy atom. The number of imidazole rings is 1. The number of nitrogens with one attached hydrogen (secondary N) is 1. The first-order chi connectivity index (χ1) is 9.43. The second kappa shape index (κ2) is 4.12. The number of aromatic nitrogens is 4. The zero-order chi connectivity index (χ0) is 12.7. The second-order valence-corrected chi connectivity index (χ2v) is 4.87. The highest BCUT2D eigenvalue weighted by atomic mass is 15.2. The minimum atomic E-state index is 0.939. The number of H-pyrrole nitrogens is 1. The van der Waals surface area contributed by atoms with Gasteiger partial charge in [-0.05, 0) is 25.0 Å². The van der Waals surface area contributed by atoms with Gasteiger partial charge in [0.05, 0.1) is 17.6 Å². The van der Waals surface area contributed by atoms with Gasteiger partial charge in [-0.25, -0.2) is 9.97 Å². The molecule has 1 N–H and O–H groups in total. The van der Waals surface area contributed by atoms with Gasteiger partial charge in [-0.3, -0.25) is 4.40 Å². The lowest BCUT2D eigenvalue weighted by molar-refractivity contribution is 0.928. The number of hydrogen-bond acceptors (Lipinski definition) is 3. The van der Waals surface area contributed by atoms with Gasteiger partial charge < -0.3 is 9.88 Å². The average Bonchev–Trinajstić information content (AvgIpc) is 3.18. The minimum Gasteiger partial charge on any atom is -0.360 e. The highest BCUT2D eigenvalue weighted by Gasteiger charge is 2.18. The van der Waals surface area contributed by atoms with E-state index >= 15 is 0 Å². The molecule has 5 nitrogen and oxygen atoms in total. The molecule has 3 aromatic rings. The Hall–Kier alpha value is -2.30. The second-order valence-electron chi connectivity index (χ2n) is 4.87. The fourth-order valence-corrected chi connectivity index (χ4v) is 2.75. The van der Waals surface area contributed by atoms with E-state index in [1.807, 2.05) is 30.9 Å². The van der Waals surface area contributed by atoms with Crippen LogP contribution in [-0.4, -0.2) is 32.4 Å². The van der Waals surface area contributed by atoms with Gasteiger partial charge in [0.1, 0.15) is 0 Å². The van der Waals surface area contributed by atoms with Gasteiger partial charge in [0.15, 0.2) is 11.5 Å². The SMILES string of the molecule is c1c[nH]c(-c2cnc3c(N4CCCC4)nccn23)c1. The number of anilines is 1. The van der Waals surface area contributed by atoms with Gasteiger partial charge in [0.2, 0.25) is 0 Å². The quantitative estimate of drug-likeness (QED) is 0.762. The summed E-state index contributed by atoms with van der Waals surface area (Å²) in [5, 5.41) is 0. The molecule has 0 saturated carbocycles. The van der Waals surface area contributed by atoms with Crippen LogP contribution < -0.4 is 4.90 Å². The van der Waals surface area contributed by atoms with E-state index in [4.69, 9.17) is 0 Å². The van der Waals surface area contributed by atoms with Crippen LogP contribution in [0.1, 0.15) is 12.8 Å². The Bertz CT molecular complexity index is 692. The third-order valence-electron chi connectivity index (χ3n) is 3.69. The van der Waals surface area contributed by atoms with Gasteiger partial charge in [-0.2, -0.15) is 0 Å². The highest BCUT2D eigenvalue weighted by molar-refractivity contribution is 5.70. The number of rotatable bonds is 2. The van der Waals surface area contributed by atoms with E-state index in [1.54, 1.807) is 0 Å². The Labute approximate surface area is 110 Å². The van der Waals surface area contributed by atoms with E-state index in [0.29, 0.717) is 0 Å². The lowest BCUT2D eigenvalue weighted by atomic mass is 10.3. The molecule has 0 radical (unpaired) electrons. The number of nitrogens with zero attached hydrogens (tertiary/aromatic N) is 4. The summed E-state index contributed by atoms with van der Waals surface area (Å²) >= 11 is 0. The Morgan fingerprint density at radius 3 is 2.84 bits per heavy atom. The molecule has 1 aliphatic rings. The lowest BCUT2D eigenvalue weighted by Gasteiger charge is -2.16. The largest absolute Gasteiger partial charge is 0.360 e. The maximum Gasteiger partial charge on any atom is 0.180 e. The van der Waals surface area contributed by atoms with Crippen molar-refractivity contribution in [2.45, 2.75) is 12.8 Å². The third kappa shape index (κ3) is 1.62. The molecule has 5 heteroatoms. The topological polar surface area (TPSA) is 49.2 Å². The van der Waals surface area contributed by atoms with E-state index in [1.165, 1.54) is 12.8 Å². The zero-order valence-corrected chi connectivity index (χ0v) is 10.6. The summed E-state index contributed by atoms with van der Waals surface area (Å²) in [7, 11) is 0. The molecule has 4 heterocycles. The Balaban J connectivity index is 1.89. The van der Waals surface area contributed by atoms with Crippen molar-refractivity contribution in [3.63, 3.8) is 0 Å². The van der Waals surface area contributed by atoms with Crippen molar-refractivity contribution in [3.8, 4) is 11.4 Å². The summed E-state index contributed by atoms with van der Waals surface area (Å²) in [4.78, 5) is 14.6. The molecular weight excluding hydrogens is 238 g/mol. The molecule has 0 atom stereocenters. The monoisotopic (exact) mass is 253 g/mol. The maximum atomic E-state index is 4.56. The van der Waals surface area contributed by atoms with Gasteiger partial charge in [0.25, 0.3) is 0 Å². The van der Waals surface area contributed by atoms with Crippen molar-refractivity contribution in [2.24, 2.45) is 0 Å². The van der Waals surface area contributed by atoms with Crippen molar-refractivity contribution >= 4 is 11.5 Å². The molecular formula is C14H15N5. The predicted molar refractivity (Wildman–Crippen MR) is 74.2 cm³/mol. The zero-order valence-electron chi connectivity index (χ0n) is 10.6. The van der Waals surface area contributed by atoms with Crippen molar-refractivity contribution in [3.05, 3.63) is 36.9 Å². The van der Waals surface area contributed by atoms with E-state index in [2.05, 4.69) is 30.3 Å². The third-order valence-corrected chi connectivity index (χ3v) is 3.69. The van der Waals surface area contributed by atoms with Crippen molar-refractivity contribution in [1.82, 2.24) is 19.4 Å². The molecule has 1 saturated heterocycles. The summed E-state index contributed by atoms with van der Waals surface area (Å²) in [5.41, 5.74) is 3.09. The summed E-state index contributed by atoms with van der Waals surface area (Å²) in [6.45, 7) is 2.16. The summed E-state index contributed by atoms with van der Waals surface area (Å²) in [5.74, 6) is 0.998. The molecule has 0 unspecified atom stereocenters. The molecule has 0 aliphatic carbocycles. The molecule has 19 heavy (non-hydrogen) atoms. The fourth-order valence-electron chi connectivity index (χ4n) is 2.75. The fraction of sp³-hybridized carbons (Fsp3) is 0.286. The molecule has 1 fully saturated rings. The van der Waals surface area contributed by atoms with E-state index in [9.17, 15) is 0 Å². The molecule has 1 aliphatic heterocycles. The molecule has 0 spiro atoms. The molecule has 96 valence electrons. The van der Waals surface area contributed by atoms with Crippen LogP contribution in [0.4, 0.5) is 5.82 Å². The molecule has 0 aromatic carbocycles. The molecule has 0 amide bonds. The van der Waals surface area contributed by atoms with Crippen LogP contribution in [0.2, 0.25) is 0 Å². The first kappa shape index (κ1) is 10.6. The highest BCUT2D eigenvalue weighted by Crippen LogP contribution is 2.26. The summed E-state index contributed by atoms with van der Waals surface area (Å²) < 4.78 is 2.10. The predicted octanol–water partition coefficient (Wildman–Crippen LogP) is 2.32. The van der Waals surface area contributed by atoms with E-state index in [0.717, 1.165) is 35.9 Å². The van der Waals surface area contributed by atoms with Crippen molar-refractivity contribution in [2.75, 3.05) is 18.0 Å². The molecule has 0 bridgehead atoms. The molecule has 3 aromatic heterocycles. The van der Waals surface area contributed by atoms with Gasteiger partial charge in [0, 0.05) is 31.7 Å². The Morgan fingerprint density at radius 2 is 2.05 bits per heavy atom. The van der Waals surface area contributed by atoms with Crippen LogP contribution in [0.25, 0.3) is 17.0 Å². The standard InChI is InChI=1S/C14H15N5/c1-2-8-18(7-1)13-14-17-10-12(11-4-3-5-15-11)19(14)9-6-16-13/h3-6,9-10,15H,1-2,7-8H2. The van der Waals surface area contributed by atoms with Crippen molar-refractivity contribution < 1.29 is 0 Å². The number of aromatic amines is 1. The van der Waals surface area contributed by atoms with Gasteiger partial charge in [-0.1, -0.05) is 0 Å². The van der Waals surface area contributed by atoms with Crippen LogP contribution in [0, 0.1) is 0 Å². The average molecular weight is 253 g/mol. The summed E-state index contributed by atoms with van der Waals surface area (Å²) in [6, 6.07) is 4.05. The lowest BCUT2D eigenvalue weighted by Crippen LogP contribution is -2.19. The first-order valence-corrected chi connectivity index (χ1v) is 6.64. The van der Waals surface area contributed by atoms with Crippen LogP contribution >= 0.6 is 0 Å².